The molecule has 6 aromatic carbocycles. The highest BCUT2D eigenvalue weighted by Gasteiger charge is 2.18. The molecule has 0 aliphatic heterocycles. The molecule has 0 fully saturated rings. The van der Waals surface area contributed by atoms with Gasteiger partial charge in [-0.3, -0.25) is 0 Å². The summed E-state index contributed by atoms with van der Waals surface area (Å²) in [5.41, 5.74) is 5.37. The lowest BCUT2D eigenvalue weighted by atomic mass is 10.1. The Hall–Kier alpha value is -5.17. The molecule has 0 saturated heterocycles. The van der Waals surface area contributed by atoms with Gasteiger partial charge in [0.05, 0.1) is 16.1 Å². The molecule has 7 rings (SSSR count). The maximum atomic E-state index is 11.4. The molecular weight excluding hydrogens is 624 g/mol. The minimum Gasteiger partial charge on any atom is -0.478 e. The molecule has 2 N–H and O–H groups in total. The maximum absolute atomic E-state index is 11.4. The Bertz CT molecular complexity index is 2200. The van der Waals surface area contributed by atoms with Crippen molar-refractivity contribution in [1.82, 2.24) is 4.57 Å². The first-order valence-corrected chi connectivity index (χ1v) is 16.7. The molecule has 0 bridgehead atoms. The molecule has 0 atom stereocenters. The van der Waals surface area contributed by atoms with E-state index in [0.29, 0.717) is 18.8 Å². The Balaban J connectivity index is 1.16. The number of carboxylic acid groups (broad SMARTS) is 1. The van der Waals surface area contributed by atoms with Crippen LogP contribution in [0.2, 0.25) is 5.02 Å². The molecular formula is C40H31ClN2O3S. The summed E-state index contributed by atoms with van der Waals surface area (Å²) in [7, 11) is 0. The molecule has 5 nitrogen and oxygen atoms in total. The summed E-state index contributed by atoms with van der Waals surface area (Å²) < 4.78 is 8.27. The quantitative estimate of drug-likeness (QED) is 0.136. The molecule has 0 spiro atoms. The molecule has 0 amide bonds. The zero-order valence-corrected chi connectivity index (χ0v) is 27.0. The summed E-state index contributed by atoms with van der Waals surface area (Å²) in [5.74, 6) is 1.33. The summed E-state index contributed by atoms with van der Waals surface area (Å²) in [6, 6.07) is 46.0. The summed E-state index contributed by atoms with van der Waals surface area (Å²) in [6.07, 6.45) is 0. The number of benzene rings is 6. The molecule has 7 aromatic rings. The number of thioether (sulfide) groups is 1. The number of halogens is 1. The first-order valence-electron chi connectivity index (χ1n) is 15.3. The second-order valence-electron chi connectivity index (χ2n) is 11.3. The van der Waals surface area contributed by atoms with Crippen LogP contribution in [0.25, 0.3) is 21.7 Å². The van der Waals surface area contributed by atoms with Crippen molar-refractivity contribution in [3.8, 4) is 11.5 Å². The lowest BCUT2D eigenvalue weighted by Crippen LogP contribution is -2.05. The highest BCUT2D eigenvalue weighted by atomic mass is 35.5. The van der Waals surface area contributed by atoms with Crippen LogP contribution in [0.5, 0.6) is 11.5 Å². The molecule has 0 aliphatic rings. The van der Waals surface area contributed by atoms with Crippen LogP contribution in [0.1, 0.15) is 27.2 Å². The number of hydrogen-bond acceptors (Lipinski definition) is 4. The number of ether oxygens (including phenoxy) is 1. The second kappa shape index (κ2) is 13.7. The number of rotatable bonds is 11. The van der Waals surface area contributed by atoms with Crippen molar-refractivity contribution in [2.45, 2.75) is 23.7 Å². The highest BCUT2D eigenvalue weighted by Crippen LogP contribution is 2.37. The van der Waals surface area contributed by atoms with Gasteiger partial charge in [-0.05, 0) is 88.6 Å². The monoisotopic (exact) mass is 654 g/mol. The normalized spacial score (nSPS) is 11.2. The van der Waals surface area contributed by atoms with Gasteiger partial charge < -0.3 is 19.7 Å². The van der Waals surface area contributed by atoms with Crippen molar-refractivity contribution >= 4 is 56.7 Å². The van der Waals surface area contributed by atoms with E-state index in [1.807, 2.05) is 60.7 Å². The molecule has 0 saturated carbocycles. The summed E-state index contributed by atoms with van der Waals surface area (Å²) in [6.45, 7) is 1.19. The predicted molar refractivity (Wildman–Crippen MR) is 193 cm³/mol. The van der Waals surface area contributed by atoms with Crippen molar-refractivity contribution in [3.63, 3.8) is 0 Å². The third-order valence-electron chi connectivity index (χ3n) is 8.12. The van der Waals surface area contributed by atoms with E-state index >= 15 is 0 Å². The first-order chi connectivity index (χ1) is 23.0. The Morgan fingerprint density at radius 2 is 1.51 bits per heavy atom. The molecule has 1 heterocycles. The highest BCUT2D eigenvalue weighted by molar-refractivity contribution is 7.98. The largest absolute Gasteiger partial charge is 0.478 e. The van der Waals surface area contributed by atoms with Gasteiger partial charge in [0, 0.05) is 40.5 Å². The third kappa shape index (κ3) is 6.99. The molecule has 232 valence electrons. The van der Waals surface area contributed by atoms with Crippen LogP contribution in [-0.4, -0.2) is 15.6 Å². The number of carboxylic acids is 1. The summed E-state index contributed by atoms with van der Waals surface area (Å²) in [5, 5.41) is 17.0. The smallest absolute Gasteiger partial charge is 0.335 e. The minimum atomic E-state index is -0.936. The number of carbonyl (C=O) groups is 1. The number of nitrogens with one attached hydrogen (secondary N) is 1. The van der Waals surface area contributed by atoms with Crippen LogP contribution in [0.4, 0.5) is 5.69 Å². The zero-order chi connectivity index (χ0) is 32.2. The van der Waals surface area contributed by atoms with E-state index in [9.17, 15) is 9.90 Å². The van der Waals surface area contributed by atoms with Crippen LogP contribution < -0.4 is 10.1 Å². The maximum Gasteiger partial charge on any atom is 0.335 e. The predicted octanol–water partition coefficient (Wildman–Crippen LogP) is 10.9. The van der Waals surface area contributed by atoms with Crippen LogP contribution in [0.15, 0.2) is 144 Å². The van der Waals surface area contributed by atoms with Gasteiger partial charge >= 0.3 is 5.97 Å². The Morgan fingerprint density at radius 1 is 0.745 bits per heavy atom. The van der Waals surface area contributed by atoms with Gasteiger partial charge in [-0.25, -0.2) is 4.79 Å². The van der Waals surface area contributed by atoms with Crippen molar-refractivity contribution < 1.29 is 14.6 Å². The molecule has 0 radical (unpaired) electrons. The molecule has 7 heteroatoms. The molecule has 0 aliphatic carbocycles. The summed E-state index contributed by atoms with van der Waals surface area (Å²) >= 11 is 8.94. The number of para-hydroxylation sites is 1. The van der Waals surface area contributed by atoms with E-state index in [2.05, 4.69) is 76.6 Å². The number of anilines is 1. The van der Waals surface area contributed by atoms with E-state index in [-0.39, 0.29) is 5.56 Å². The Labute approximate surface area is 282 Å². The topological polar surface area (TPSA) is 63.5 Å². The van der Waals surface area contributed by atoms with Crippen LogP contribution >= 0.6 is 23.4 Å². The standard InChI is InChI=1S/C40H31ClN2O3S/c41-39-36-23-32(42-24-28-7-6-12-34(21-28)46-33-10-2-1-3-11-33)18-20-37(36)43(25-27-13-15-30(16-14-27)40(44)45)38(39)26-47-35-19-17-29-8-4-5-9-31(29)22-35/h1-23,42H,24-26H2,(H,44,45). The fourth-order valence-electron chi connectivity index (χ4n) is 5.69. The number of nitrogens with zero attached hydrogens (tertiary/aromatic N) is 1. The average Bonchev–Trinajstić information content (AvgIpc) is 3.36. The van der Waals surface area contributed by atoms with E-state index in [1.165, 1.54) is 15.7 Å². The van der Waals surface area contributed by atoms with Gasteiger partial charge in [0.2, 0.25) is 0 Å². The molecule has 1 aromatic heterocycles. The second-order valence-corrected chi connectivity index (χ2v) is 12.7. The van der Waals surface area contributed by atoms with Crippen LogP contribution in [0, 0.1) is 0 Å². The van der Waals surface area contributed by atoms with E-state index < -0.39 is 5.97 Å². The molecule has 47 heavy (non-hydrogen) atoms. The number of aromatic nitrogens is 1. The first kappa shape index (κ1) is 30.5. The van der Waals surface area contributed by atoms with Crippen molar-refractivity contribution in [3.05, 3.63) is 167 Å². The van der Waals surface area contributed by atoms with Gasteiger partial charge in [0.25, 0.3) is 0 Å². The van der Waals surface area contributed by atoms with Crippen LogP contribution in [-0.2, 0) is 18.8 Å². The minimum absolute atomic E-state index is 0.268. The average molecular weight is 655 g/mol. The van der Waals surface area contributed by atoms with Crippen molar-refractivity contribution in [2.24, 2.45) is 0 Å². The lowest BCUT2D eigenvalue weighted by Gasteiger charge is -2.13. The van der Waals surface area contributed by atoms with Gasteiger partial charge in [-0.1, -0.05) is 84.4 Å². The van der Waals surface area contributed by atoms with E-state index in [0.717, 1.165) is 49.9 Å². The Morgan fingerprint density at radius 3 is 2.32 bits per heavy atom. The zero-order valence-electron chi connectivity index (χ0n) is 25.4. The van der Waals surface area contributed by atoms with Crippen molar-refractivity contribution in [1.29, 1.82) is 0 Å². The number of fused-ring (bicyclic) bond motifs is 2. The van der Waals surface area contributed by atoms with Gasteiger partial charge in [0.1, 0.15) is 11.5 Å². The van der Waals surface area contributed by atoms with Gasteiger partial charge in [0.15, 0.2) is 0 Å². The van der Waals surface area contributed by atoms with Gasteiger partial charge in [-0.15, -0.1) is 11.8 Å². The third-order valence-corrected chi connectivity index (χ3v) is 9.54. The summed E-state index contributed by atoms with van der Waals surface area (Å²) in [4.78, 5) is 12.6. The Kier molecular flexibility index (Phi) is 8.87. The fourth-order valence-corrected chi connectivity index (χ4v) is 7.07. The van der Waals surface area contributed by atoms with Gasteiger partial charge in [-0.2, -0.15) is 0 Å². The number of aromatic carboxylic acids is 1. The fraction of sp³-hybridized carbons (Fsp3) is 0.0750. The van der Waals surface area contributed by atoms with Crippen molar-refractivity contribution in [2.75, 3.05) is 5.32 Å². The lowest BCUT2D eigenvalue weighted by molar-refractivity contribution is 0.0697. The molecule has 0 unspecified atom stereocenters. The van der Waals surface area contributed by atoms with E-state index in [1.54, 1.807) is 23.9 Å². The van der Waals surface area contributed by atoms with E-state index in [4.69, 9.17) is 16.3 Å². The number of hydrogen-bond donors (Lipinski definition) is 2. The van der Waals surface area contributed by atoms with Crippen LogP contribution in [0.3, 0.4) is 0 Å². The SMILES string of the molecule is O=C(O)c1ccc(Cn2c(CSc3ccc4ccccc4c3)c(Cl)c3cc(NCc4cccc(Oc5ccccc5)c4)ccc32)cc1.